The average molecular weight is 302 g/mol. The van der Waals surface area contributed by atoms with Crippen LogP contribution in [0.2, 0.25) is 0 Å². The maximum Gasteiger partial charge on any atom is 0.0702 e. The van der Waals surface area contributed by atoms with E-state index in [1.165, 1.54) is 4.88 Å². The van der Waals surface area contributed by atoms with Crippen molar-refractivity contribution >= 4 is 27.3 Å². The first-order valence-corrected chi connectivity index (χ1v) is 6.75. The third-order valence-corrected chi connectivity index (χ3v) is 4.13. The first-order valence-electron chi connectivity index (χ1n) is 5.14. The molecule has 1 heterocycles. The summed E-state index contributed by atoms with van der Waals surface area (Å²) < 4.78 is 1.11. The number of likely N-dealkylation sites (N-methyl/N-ethyl adjacent to an activating group) is 1. The summed E-state index contributed by atoms with van der Waals surface area (Å²) in [4.78, 5) is 3.38. The fourth-order valence-electron chi connectivity index (χ4n) is 1.73. The molecule has 1 aromatic rings. The Morgan fingerprint density at radius 3 is 2.75 bits per heavy atom. The standard InChI is InChI=1S/C11H16BrN3S/c1-8(14)11(15(2)7-3-6-13)9-4-5-10(12)16-9/h4-5,8,11H,3,7,14H2,1-2H3. The Kier molecular flexibility index (Phi) is 5.42. The van der Waals surface area contributed by atoms with Crippen LogP contribution in [-0.2, 0) is 0 Å². The van der Waals surface area contributed by atoms with Gasteiger partial charge in [-0.1, -0.05) is 0 Å². The zero-order valence-corrected chi connectivity index (χ0v) is 11.9. The Labute approximate surface area is 109 Å². The molecular formula is C11H16BrN3S. The first kappa shape index (κ1) is 13.7. The fraction of sp³-hybridized carbons (Fsp3) is 0.545. The summed E-state index contributed by atoms with van der Waals surface area (Å²) in [7, 11) is 2.01. The minimum atomic E-state index is 0.0502. The number of nitriles is 1. The molecule has 2 atom stereocenters. The highest BCUT2D eigenvalue weighted by molar-refractivity contribution is 9.11. The topological polar surface area (TPSA) is 53.0 Å². The molecule has 0 aliphatic carbocycles. The number of rotatable bonds is 5. The van der Waals surface area contributed by atoms with Crippen molar-refractivity contribution in [1.82, 2.24) is 4.90 Å². The Hall–Kier alpha value is -0.410. The second kappa shape index (κ2) is 6.36. The molecule has 0 amide bonds. The van der Waals surface area contributed by atoms with Gasteiger partial charge in [-0.2, -0.15) is 5.26 Å². The molecule has 2 unspecified atom stereocenters. The zero-order chi connectivity index (χ0) is 12.1. The molecule has 1 rings (SSSR count). The highest BCUT2D eigenvalue weighted by atomic mass is 79.9. The van der Waals surface area contributed by atoms with Crippen molar-refractivity contribution in [2.45, 2.75) is 25.4 Å². The van der Waals surface area contributed by atoms with Gasteiger partial charge in [-0.15, -0.1) is 11.3 Å². The third kappa shape index (κ3) is 3.56. The van der Waals surface area contributed by atoms with Crippen molar-refractivity contribution in [2.75, 3.05) is 13.6 Å². The lowest BCUT2D eigenvalue weighted by atomic mass is 10.1. The van der Waals surface area contributed by atoms with Crippen LogP contribution in [0.1, 0.15) is 24.3 Å². The van der Waals surface area contributed by atoms with Crippen molar-refractivity contribution < 1.29 is 0 Å². The van der Waals surface area contributed by atoms with Gasteiger partial charge in [0.1, 0.15) is 0 Å². The van der Waals surface area contributed by atoms with Crippen molar-refractivity contribution in [3.05, 3.63) is 20.8 Å². The number of hydrogen-bond acceptors (Lipinski definition) is 4. The molecule has 0 aliphatic heterocycles. The second-order valence-electron chi connectivity index (χ2n) is 3.83. The molecule has 3 nitrogen and oxygen atoms in total. The highest BCUT2D eigenvalue weighted by Crippen LogP contribution is 2.31. The minimum Gasteiger partial charge on any atom is -0.326 e. The predicted octanol–water partition coefficient (Wildman–Crippen LogP) is 2.74. The number of hydrogen-bond donors (Lipinski definition) is 1. The molecular weight excluding hydrogens is 286 g/mol. The lowest BCUT2D eigenvalue weighted by Crippen LogP contribution is -2.37. The van der Waals surface area contributed by atoms with Crippen LogP contribution in [0.5, 0.6) is 0 Å². The van der Waals surface area contributed by atoms with Gasteiger partial charge in [0.2, 0.25) is 0 Å². The van der Waals surface area contributed by atoms with Crippen LogP contribution >= 0.6 is 27.3 Å². The van der Waals surface area contributed by atoms with E-state index in [1.54, 1.807) is 11.3 Å². The summed E-state index contributed by atoms with van der Waals surface area (Å²) in [5, 5.41) is 8.60. The molecule has 0 aliphatic rings. The smallest absolute Gasteiger partial charge is 0.0702 e. The molecule has 0 fully saturated rings. The first-order chi connectivity index (χ1) is 7.56. The zero-order valence-electron chi connectivity index (χ0n) is 9.48. The van der Waals surface area contributed by atoms with E-state index >= 15 is 0 Å². The van der Waals surface area contributed by atoms with E-state index < -0.39 is 0 Å². The van der Waals surface area contributed by atoms with E-state index in [2.05, 4.69) is 33.0 Å². The second-order valence-corrected chi connectivity index (χ2v) is 6.33. The van der Waals surface area contributed by atoms with Gasteiger partial charge >= 0.3 is 0 Å². The van der Waals surface area contributed by atoms with Crippen LogP contribution in [0.25, 0.3) is 0 Å². The summed E-state index contributed by atoms with van der Waals surface area (Å²) in [6.07, 6.45) is 0.534. The Morgan fingerprint density at radius 1 is 1.62 bits per heavy atom. The number of nitrogens with zero attached hydrogens (tertiary/aromatic N) is 2. The van der Waals surface area contributed by atoms with Gasteiger partial charge < -0.3 is 5.73 Å². The van der Waals surface area contributed by atoms with Gasteiger partial charge in [0.15, 0.2) is 0 Å². The van der Waals surface area contributed by atoms with Gasteiger partial charge in [0.05, 0.1) is 15.9 Å². The van der Waals surface area contributed by atoms with E-state index in [0.29, 0.717) is 6.42 Å². The summed E-state index contributed by atoms with van der Waals surface area (Å²) in [5.41, 5.74) is 6.02. The number of thiophene rings is 1. The average Bonchev–Trinajstić information content (AvgIpc) is 2.61. The van der Waals surface area contributed by atoms with Crippen LogP contribution < -0.4 is 5.73 Å². The van der Waals surface area contributed by atoms with Gasteiger partial charge in [-0.25, -0.2) is 0 Å². The maximum atomic E-state index is 8.60. The molecule has 1 aromatic heterocycles. The summed E-state index contributed by atoms with van der Waals surface area (Å²) in [6, 6.07) is 6.52. The lowest BCUT2D eigenvalue weighted by molar-refractivity contribution is 0.227. The van der Waals surface area contributed by atoms with E-state index in [4.69, 9.17) is 11.0 Å². The molecule has 2 N–H and O–H groups in total. The SMILES string of the molecule is CC(N)C(c1ccc(Br)s1)N(C)CCC#N. The Bertz CT molecular complexity index is 370. The van der Waals surface area contributed by atoms with E-state index in [-0.39, 0.29) is 12.1 Å². The largest absolute Gasteiger partial charge is 0.326 e. The molecule has 0 bridgehead atoms. The van der Waals surface area contributed by atoms with Crippen molar-refractivity contribution in [3.63, 3.8) is 0 Å². The van der Waals surface area contributed by atoms with Gasteiger partial charge in [0.25, 0.3) is 0 Å². The van der Waals surface area contributed by atoms with Crippen molar-refractivity contribution in [3.8, 4) is 6.07 Å². The van der Waals surface area contributed by atoms with Crippen LogP contribution in [0.4, 0.5) is 0 Å². The Balaban J connectivity index is 2.79. The molecule has 0 spiro atoms. The molecule has 0 aromatic carbocycles. The lowest BCUT2D eigenvalue weighted by Gasteiger charge is -2.29. The minimum absolute atomic E-state index is 0.0502. The molecule has 16 heavy (non-hydrogen) atoms. The van der Waals surface area contributed by atoms with Gasteiger partial charge in [0, 0.05) is 23.9 Å². The van der Waals surface area contributed by atoms with Crippen LogP contribution in [0.15, 0.2) is 15.9 Å². The van der Waals surface area contributed by atoms with E-state index in [9.17, 15) is 0 Å². The monoisotopic (exact) mass is 301 g/mol. The molecule has 0 saturated heterocycles. The molecule has 5 heteroatoms. The molecule has 0 saturated carbocycles. The van der Waals surface area contributed by atoms with Crippen LogP contribution in [0, 0.1) is 11.3 Å². The van der Waals surface area contributed by atoms with E-state index in [0.717, 1.165) is 10.3 Å². The normalized spacial score (nSPS) is 14.8. The van der Waals surface area contributed by atoms with Crippen molar-refractivity contribution in [1.29, 1.82) is 5.26 Å². The number of halogens is 1. The molecule has 88 valence electrons. The van der Waals surface area contributed by atoms with Crippen LogP contribution in [-0.4, -0.2) is 24.5 Å². The van der Waals surface area contributed by atoms with Crippen LogP contribution in [0.3, 0.4) is 0 Å². The maximum absolute atomic E-state index is 8.60. The summed E-state index contributed by atoms with van der Waals surface area (Å²) in [5.74, 6) is 0. The Morgan fingerprint density at radius 2 is 2.31 bits per heavy atom. The summed E-state index contributed by atoms with van der Waals surface area (Å²) >= 11 is 5.16. The highest BCUT2D eigenvalue weighted by Gasteiger charge is 2.22. The van der Waals surface area contributed by atoms with E-state index in [1.807, 2.05) is 20.0 Å². The third-order valence-electron chi connectivity index (χ3n) is 2.43. The quantitative estimate of drug-likeness (QED) is 0.910. The number of nitrogens with two attached hydrogens (primary N) is 1. The van der Waals surface area contributed by atoms with Gasteiger partial charge in [-0.3, -0.25) is 4.90 Å². The van der Waals surface area contributed by atoms with Crippen molar-refractivity contribution in [2.24, 2.45) is 5.73 Å². The molecule has 0 radical (unpaired) electrons. The fourth-order valence-corrected chi connectivity index (χ4v) is 3.44. The van der Waals surface area contributed by atoms with Gasteiger partial charge in [-0.05, 0) is 42.0 Å². The summed E-state index contributed by atoms with van der Waals surface area (Å²) in [6.45, 7) is 2.75. The predicted molar refractivity (Wildman–Crippen MR) is 71.3 cm³/mol.